The Morgan fingerprint density at radius 1 is 1.03 bits per heavy atom. The highest BCUT2D eigenvalue weighted by Gasteiger charge is 2.29. The number of anilines is 2. The second kappa shape index (κ2) is 10.4. The first-order chi connectivity index (χ1) is 16.5. The van der Waals surface area contributed by atoms with Crippen molar-refractivity contribution >= 4 is 35.1 Å². The van der Waals surface area contributed by atoms with Crippen LogP contribution in [0.15, 0.2) is 42.5 Å². The van der Waals surface area contributed by atoms with Crippen molar-refractivity contribution in [2.24, 2.45) is 0 Å². The van der Waals surface area contributed by atoms with E-state index in [1.54, 1.807) is 43.3 Å². The predicted octanol–water partition coefficient (Wildman–Crippen LogP) is 2.85. The van der Waals surface area contributed by atoms with E-state index >= 15 is 0 Å². The number of fused-ring (bicyclic) bond motifs is 1. The molecule has 1 N–H and O–H groups in total. The largest absolute Gasteiger partial charge is 0.482 e. The fourth-order valence-electron chi connectivity index (χ4n) is 4.07. The topological polar surface area (TPSA) is 105 Å². The third-order valence-corrected chi connectivity index (χ3v) is 5.75. The summed E-state index contributed by atoms with van der Waals surface area (Å²) in [7, 11) is 0. The van der Waals surface area contributed by atoms with Gasteiger partial charge in [-0.3, -0.25) is 19.3 Å². The summed E-state index contributed by atoms with van der Waals surface area (Å²) in [6, 6.07) is 11.3. The monoisotopic (exact) mass is 465 g/mol. The van der Waals surface area contributed by atoms with Crippen molar-refractivity contribution in [3.05, 3.63) is 53.6 Å². The zero-order valence-corrected chi connectivity index (χ0v) is 19.0. The minimum atomic E-state index is -0.484. The molecule has 0 unspecified atom stereocenters. The van der Waals surface area contributed by atoms with Crippen LogP contribution in [0.25, 0.3) is 0 Å². The molecule has 3 amide bonds. The molecule has 2 aromatic carbocycles. The minimum absolute atomic E-state index is 0.0966. The van der Waals surface area contributed by atoms with Gasteiger partial charge >= 0.3 is 5.97 Å². The molecule has 1 saturated heterocycles. The van der Waals surface area contributed by atoms with E-state index in [4.69, 9.17) is 9.47 Å². The van der Waals surface area contributed by atoms with E-state index in [1.807, 2.05) is 4.90 Å². The van der Waals surface area contributed by atoms with Gasteiger partial charge in [0.15, 0.2) is 6.61 Å². The predicted molar refractivity (Wildman–Crippen MR) is 125 cm³/mol. The number of rotatable bonds is 6. The zero-order valence-electron chi connectivity index (χ0n) is 19.0. The lowest BCUT2D eigenvalue weighted by Crippen LogP contribution is -2.43. The summed E-state index contributed by atoms with van der Waals surface area (Å²) in [6.07, 6.45) is 3.06. The van der Waals surface area contributed by atoms with Crippen LogP contribution >= 0.6 is 0 Å². The van der Waals surface area contributed by atoms with Gasteiger partial charge in [0.05, 0.1) is 17.9 Å². The SMILES string of the molecule is CCOC(=O)c1cccc(NC(=O)CN2C(=O)COc3ccc(C(=O)N4CCCCC4)cc32)c1. The molecule has 0 aliphatic carbocycles. The van der Waals surface area contributed by atoms with Crippen molar-refractivity contribution in [3.8, 4) is 5.75 Å². The molecule has 4 rings (SSSR count). The molecule has 0 radical (unpaired) electrons. The third-order valence-electron chi connectivity index (χ3n) is 5.75. The van der Waals surface area contributed by atoms with Crippen LogP contribution < -0.4 is 15.0 Å². The first-order valence-electron chi connectivity index (χ1n) is 11.4. The summed E-state index contributed by atoms with van der Waals surface area (Å²) in [5.74, 6) is -0.977. The van der Waals surface area contributed by atoms with Gasteiger partial charge in [-0.15, -0.1) is 0 Å². The van der Waals surface area contributed by atoms with Crippen molar-refractivity contribution in [2.45, 2.75) is 26.2 Å². The molecule has 2 aromatic rings. The highest BCUT2D eigenvalue weighted by atomic mass is 16.5. The van der Waals surface area contributed by atoms with Crippen LogP contribution in [-0.2, 0) is 14.3 Å². The Morgan fingerprint density at radius 3 is 2.59 bits per heavy atom. The molecule has 1 fully saturated rings. The lowest BCUT2D eigenvalue weighted by molar-refractivity contribution is -0.123. The Balaban J connectivity index is 1.50. The summed E-state index contributed by atoms with van der Waals surface area (Å²) in [6.45, 7) is 2.92. The Kier molecular flexibility index (Phi) is 7.10. The molecule has 2 aliphatic heterocycles. The molecule has 2 aliphatic rings. The number of ether oxygens (including phenoxy) is 2. The van der Waals surface area contributed by atoms with Crippen LogP contribution in [0.4, 0.5) is 11.4 Å². The molecule has 0 aromatic heterocycles. The Morgan fingerprint density at radius 2 is 1.82 bits per heavy atom. The molecule has 2 heterocycles. The van der Waals surface area contributed by atoms with Gasteiger partial charge in [0.25, 0.3) is 11.8 Å². The number of esters is 1. The molecule has 0 atom stereocenters. The van der Waals surface area contributed by atoms with Crippen molar-refractivity contribution in [1.82, 2.24) is 4.90 Å². The molecular formula is C25H27N3O6. The molecule has 34 heavy (non-hydrogen) atoms. The first kappa shape index (κ1) is 23.3. The maximum atomic E-state index is 12.9. The lowest BCUT2D eigenvalue weighted by atomic mass is 10.1. The molecule has 0 saturated carbocycles. The van der Waals surface area contributed by atoms with E-state index in [0.29, 0.717) is 41.3 Å². The fourth-order valence-corrected chi connectivity index (χ4v) is 4.07. The maximum absolute atomic E-state index is 12.9. The van der Waals surface area contributed by atoms with Crippen molar-refractivity contribution in [1.29, 1.82) is 0 Å². The highest BCUT2D eigenvalue weighted by molar-refractivity contribution is 6.06. The Bertz CT molecular complexity index is 1110. The minimum Gasteiger partial charge on any atom is -0.482 e. The van der Waals surface area contributed by atoms with E-state index in [1.165, 1.54) is 11.0 Å². The number of carbonyl (C=O) groups is 4. The van der Waals surface area contributed by atoms with Crippen molar-refractivity contribution < 1.29 is 28.7 Å². The van der Waals surface area contributed by atoms with Gasteiger partial charge in [0, 0.05) is 24.3 Å². The maximum Gasteiger partial charge on any atom is 0.338 e. The van der Waals surface area contributed by atoms with Crippen molar-refractivity contribution in [3.63, 3.8) is 0 Å². The summed E-state index contributed by atoms with van der Waals surface area (Å²) in [5, 5.41) is 2.71. The van der Waals surface area contributed by atoms with Crippen LogP contribution in [0.5, 0.6) is 5.75 Å². The number of nitrogens with zero attached hydrogens (tertiary/aromatic N) is 2. The van der Waals surface area contributed by atoms with Gasteiger partial charge in [0.1, 0.15) is 12.3 Å². The number of amides is 3. The zero-order chi connectivity index (χ0) is 24.1. The number of likely N-dealkylation sites (tertiary alicyclic amines) is 1. The molecule has 0 spiro atoms. The van der Waals surface area contributed by atoms with Gasteiger partial charge in [-0.2, -0.15) is 0 Å². The molecule has 0 bridgehead atoms. The van der Waals surface area contributed by atoms with E-state index in [0.717, 1.165) is 19.3 Å². The highest BCUT2D eigenvalue weighted by Crippen LogP contribution is 2.33. The van der Waals surface area contributed by atoms with Crippen LogP contribution in [0.1, 0.15) is 46.9 Å². The second-order valence-corrected chi connectivity index (χ2v) is 8.15. The average Bonchev–Trinajstić information content (AvgIpc) is 2.86. The number of nitrogens with one attached hydrogen (secondary N) is 1. The quantitative estimate of drug-likeness (QED) is 0.658. The summed E-state index contributed by atoms with van der Waals surface area (Å²) in [5.41, 5.74) is 1.56. The van der Waals surface area contributed by atoms with Gasteiger partial charge in [-0.1, -0.05) is 6.07 Å². The Hall–Kier alpha value is -3.88. The number of hydrogen-bond acceptors (Lipinski definition) is 6. The van der Waals surface area contributed by atoms with Crippen LogP contribution in [0.3, 0.4) is 0 Å². The Labute approximate surface area is 197 Å². The van der Waals surface area contributed by atoms with E-state index in [2.05, 4.69) is 5.32 Å². The molecule has 9 heteroatoms. The van der Waals surface area contributed by atoms with Crippen LogP contribution in [0.2, 0.25) is 0 Å². The number of benzene rings is 2. The van der Waals surface area contributed by atoms with Gasteiger partial charge in [0.2, 0.25) is 5.91 Å². The molecular weight excluding hydrogens is 438 g/mol. The van der Waals surface area contributed by atoms with E-state index in [9.17, 15) is 19.2 Å². The lowest BCUT2D eigenvalue weighted by Gasteiger charge is -2.30. The van der Waals surface area contributed by atoms with Gasteiger partial charge < -0.3 is 19.7 Å². The van der Waals surface area contributed by atoms with E-state index in [-0.39, 0.29) is 31.6 Å². The summed E-state index contributed by atoms with van der Waals surface area (Å²) >= 11 is 0. The number of hydrogen-bond donors (Lipinski definition) is 1. The fraction of sp³-hybridized carbons (Fsp3) is 0.360. The smallest absolute Gasteiger partial charge is 0.338 e. The summed E-state index contributed by atoms with van der Waals surface area (Å²) in [4.78, 5) is 53.4. The van der Waals surface area contributed by atoms with Crippen molar-refractivity contribution in [2.75, 3.05) is 43.1 Å². The normalized spacial score (nSPS) is 15.3. The number of carbonyl (C=O) groups excluding carboxylic acids is 4. The molecule has 9 nitrogen and oxygen atoms in total. The second-order valence-electron chi connectivity index (χ2n) is 8.15. The summed E-state index contributed by atoms with van der Waals surface area (Å²) < 4.78 is 10.5. The number of piperidine rings is 1. The van der Waals surface area contributed by atoms with Crippen LogP contribution in [-0.4, -0.2) is 61.4 Å². The van der Waals surface area contributed by atoms with Gasteiger partial charge in [-0.25, -0.2) is 4.79 Å². The standard InChI is InChI=1S/C25H27N3O6/c1-2-33-25(32)18-7-6-8-19(13-18)26-22(29)15-28-20-14-17(9-10-21(20)34-16-23(28)30)24(31)27-11-4-3-5-12-27/h6-10,13-14H,2-5,11-12,15-16H2,1H3,(H,26,29). The molecule has 178 valence electrons. The van der Waals surface area contributed by atoms with E-state index < -0.39 is 11.9 Å². The first-order valence-corrected chi connectivity index (χ1v) is 11.4. The van der Waals surface area contributed by atoms with Crippen LogP contribution in [0, 0.1) is 0 Å². The third kappa shape index (κ3) is 5.19. The average molecular weight is 466 g/mol. The van der Waals surface area contributed by atoms with Gasteiger partial charge in [-0.05, 0) is 62.6 Å².